The SMILES string of the molecule is COCCNC(=O)c1ccc(NS(=O)(=O)c2ccc(F)c(F)c2)cc1. The molecule has 2 aromatic rings. The van der Waals surface area contributed by atoms with Gasteiger partial charge in [0.1, 0.15) is 0 Å². The van der Waals surface area contributed by atoms with Crippen LogP contribution in [0.1, 0.15) is 10.4 Å². The minimum atomic E-state index is -4.08. The molecule has 0 fully saturated rings. The van der Waals surface area contributed by atoms with Gasteiger partial charge in [0, 0.05) is 24.9 Å². The highest BCUT2D eigenvalue weighted by Gasteiger charge is 2.17. The van der Waals surface area contributed by atoms with Gasteiger partial charge >= 0.3 is 0 Å². The van der Waals surface area contributed by atoms with Crippen molar-refractivity contribution < 1.29 is 26.7 Å². The fourth-order valence-corrected chi connectivity index (χ4v) is 2.99. The molecule has 6 nitrogen and oxygen atoms in total. The van der Waals surface area contributed by atoms with Crippen molar-refractivity contribution in [3.63, 3.8) is 0 Å². The van der Waals surface area contributed by atoms with E-state index >= 15 is 0 Å². The van der Waals surface area contributed by atoms with Gasteiger partial charge in [0.2, 0.25) is 0 Å². The molecule has 2 rings (SSSR count). The summed E-state index contributed by atoms with van der Waals surface area (Å²) >= 11 is 0. The third kappa shape index (κ3) is 4.97. The molecule has 0 saturated carbocycles. The molecule has 0 aromatic heterocycles. The molecule has 2 N–H and O–H groups in total. The van der Waals surface area contributed by atoms with Gasteiger partial charge in [-0.3, -0.25) is 9.52 Å². The van der Waals surface area contributed by atoms with Crippen LogP contribution in [0.15, 0.2) is 47.4 Å². The van der Waals surface area contributed by atoms with Crippen LogP contribution in [0.5, 0.6) is 0 Å². The van der Waals surface area contributed by atoms with Crippen molar-refractivity contribution in [2.75, 3.05) is 25.0 Å². The van der Waals surface area contributed by atoms with E-state index in [0.717, 1.165) is 12.1 Å². The second-order valence-corrected chi connectivity index (χ2v) is 6.69. The van der Waals surface area contributed by atoms with E-state index in [1.165, 1.54) is 31.4 Å². The fourth-order valence-electron chi connectivity index (χ4n) is 1.92. The highest BCUT2D eigenvalue weighted by atomic mass is 32.2. The van der Waals surface area contributed by atoms with Crippen molar-refractivity contribution >= 4 is 21.6 Å². The number of sulfonamides is 1. The Morgan fingerprint density at radius 2 is 1.76 bits per heavy atom. The third-order valence-electron chi connectivity index (χ3n) is 3.19. The van der Waals surface area contributed by atoms with E-state index in [9.17, 15) is 22.0 Å². The van der Waals surface area contributed by atoms with Gasteiger partial charge in [0.25, 0.3) is 15.9 Å². The summed E-state index contributed by atoms with van der Waals surface area (Å²) in [5, 5.41) is 2.63. The number of rotatable bonds is 7. The van der Waals surface area contributed by atoms with E-state index < -0.39 is 26.6 Å². The molecule has 25 heavy (non-hydrogen) atoms. The van der Waals surface area contributed by atoms with Gasteiger partial charge in [0.15, 0.2) is 11.6 Å². The standard InChI is InChI=1S/C16H16F2N2O4S/c1-24-9-8-19-16(21)11-2-4-12(5-3-11)20-25(22,23)13-6-7-14(17)15(18)10-13/h2-7,10,20H,8-9H2,1H3,(H,19,21). The summed E-state index contributed by atoms with van der Waals surface area (Å²) in [7, 11) is -2.56. The quantitative estimate of drug-likeness (QED) is 0.732. The van der Waals surface area contributed by atoms with Crippen LogP contribution in [0.3, 0.4) is 0 Å². The minimum Gasteiger partial charge on any atom is -0.383 e. The Kier molecular flexibility index (Phi) is 6.05. The molecule has 0 radical (unpaired) electrons. The number of amides is 1. The first kappa shape index (κ1) is 18.8. The minimum absolute atomic E-state index is 0.179. The van der Waals surface area contributed by atoms with Crippen molar-refractivity contribution in [1.29, 1.82) is 0 Å². The molecule has 0 heterocycles. The molecule has 0 aliphatic rings. The van der Waals surface area contributed by atoms with Gasteiger partial charge in [-0.15, -0.1) is 0 Å². The lowest BCUT2D eigenvalue weighted by molar-refractivity contribution is 0.0937. The van der Waals surface area contributed by atoms with Gasteiger partial charge in [-0.2, -0.15) is 0 Å². The van der Waals surface area contributed by atoms with E-state index in [-0.39, 0.29) is 11.6 Å². The first-order chi connectivity index (χ1) is 11.8. The Balaban J connectivity index is 2.09. The normalized spacial score (nSPS) is 11.2. The lowest BCUT2D eigenvalue weighted by Gasteiger charge is -2.09. The van der Waals surface area contributed by atoms with Gasteiger partial charge in [0.05, 0.1) is 11.5 Å². The average Bonchev–Trinajstić information content (AvgIpc) is 2.57. The fraction of sp³-hybridized carbons (Fsp3) is 0.188. The molecular weight excluding hydrogens is 354 g/mol. The molecule has 0 bridgehead atoms. The van der Waals surface area contributed by atoms with Crippen molar-refractivity contribution in [3.05, 3.63) is 59.7 Å². The van der Waals surface area contributed by atoms with E-state index in [1.54, 1.807) is 0 Å². The number of hydrogen-bond acceptors (Lipinski definition) is 4. The number of halogens is 2. The topological polar surface area (TPSA) is 84.5 Å². The van der Waals surface area contributed by atoms with Gasteiger partial charge < -0.3 is 10.1 Å². The Hall–Kier alpha value is -2.52. The monoisotopic (exact) mass is 370 g/mol. The summed E-state index contributed by atoms with van der Waals surface area (Å²) < 4.78 is 57.5. The zero-order chi connectivity index (χ0) is 18.4. The molecule has 1 amide bonds. The summed E-state index contributed by atoms with van der Waals surface area (Å²) in [6.07, 6.45) is 0. The van der Waals surface area contributed by atoms with Crippen molar-refractivity contribution in [3.8, 4) is 0 Å². The first-order valence-corrected chi connectivity index (χ1v) is 8.67. The van der Waals surface area contributed by atoms with Crippen LogP contribution in [0.4, 0.5) is 14.5 Å². The molecule has 0 unspecified atom stereocenters. The van der Waals surface area contributed by atoms with E-state index in [0.29, 0.717) is 24.8 Å². The predicted octanol–water partition coefficient (Wildman–Crippen LogP) is 2.14. The van der Waals surface area contributed by atoms with Gasteiger partial charge in [-0.25, -0.2) is 17.2 Å². The number of nitrogens with one attached hydrogen (secondary N) is 2. The highest BCUT2D eigenvalue weighted by molar-refractivity contribution is 7.92. The maximum atomic E-state index is 13.2. The van der Waals surface area contributed by atoms with Crippen LogP contribution in [0.2, 0.25) is 0 Å². The van der Waals surface area contributed by atoms with Gasteiger partial charge in [-0.1, -0.05) is 0 Å². The lowest BCUT2D eigenvalue weighted by Crippen LogP contribution is -2.26. The molecule has 0 aliphatic carbocycles. The van der Waals surface area contributed by atoms with Gasteiger partial charge in [-0.05, 0) is 42.5 Å². The molecular formula is C16H16F2N2O4S. The lowest BCUT2D eigenvalue weighted by atomic mass is 10.2. The Labute approximate surface area is 143 Å². The average molecular weight is 370 g/mol. The third-order valence-corrected chi connectivity index (χ3v) is 4.57. The molecule has 0 spiro atoms. The number of hydrogen-bond donors (Lipinski definition) is 2. The second-order valence-electron chi connectivity index (χ2n) is 5.01. The zero-order valence-corrected chi connectivity index (χ0v) is 14.1. The van der Waals surface area contributed by atoms with Crippen molar-refractivity contribution in [2.24, 2.45) is 0 Å². The van der Waals surface area contributed by atoms with Crippen LogP contribution in [-0.4, -0.2) is 34.6 Å². The molecule has 9 heteroatoms. The molecule has 0 saturated heterocycles. The number of benzene rings is 2. The van der Waals surface area contributed by atoms with E-state index in [1.807, 2.05) is 0 Å². The molecule has 2 aromatic carbocycles. The number of carbonyl (C=O) groups is 1. The first-order valence-electron chi connectivity index (χ1n) is 7.18. The summed E-state index contributed by atoms with van der Waals surface area (Å²) in [5.74, 6) is -2.72. The van der Waals surface area contributed by atoms with E-state index in [4.69, 9.17) is 4.74 Å². The summed E-state index contributed by atoms with van der Waals surface area (Å²) in [6, 6.07) is 7.94. The van der Waals surface area contributed by atoms with E-state index in [2.05, 4.69) is 10.0 Å². The maximum Gasteiger partial charge on any atom is 0.261 e. The van der Waals surface area contributed by atoms with Crippen molar-refractivity contribution in [1.82, 2.24) is 5.32 Å². The molecule has 134 valence electrons. The van der Waals surface area contributed by atoms with Crippen LogP contribution in [0.25, 0.3) is 0 Å². The zero-order valence-electron chi connectivity index (χ0n) is 13.3. The Morgan fingerprint density at radius 1 is 1.08 bits per heavy atom. The predicted molar refractivity (Wildman–Crippen MR) is 87.8 cm³/mol. The molecule has 0 atom stereocenters. The maximum absolute atomic E-state index is 13.2. The summed E-state index contributed by atoms with van der Waals surface area (Å²) in [4.78, 5) is 11.4. The van der Waals surface area contributed by atoms with Crippen LogP contribution in [-0.2, 0) is 14.8 Å². The number of ether oxygens (including phenoxy) is 1. The number of methoxy groups -OCH3 is 1. The Bertz CT molecular complexity index is 855. The second kappa shape index (κ2) is 8.04. The number of anilines is 1. The Morgan fingerprint density at radius 3 is 2.36 bits per heavy atom. The smallest absolute Gasteiger partial charge is 0.261 e. The molecule has 0 aliphatic heterocycles. The van der Waals surface area contributed by atoms with Crippen LogP contribution in [0, 0.1) is 11.6 Å². The van der Waals surface area contributed by atoms with Crippen LogP contribution < -0.4 is 10.0 Å². The summed E-state index contributed by atoms with van der Waals surface area (Å²) in [5.41, 5.74) is 0.519. The summed E-state index contributed by atoms with van der Waals surface area (Å²) in [6.45, 7) is 0.720. The van der Waals surface area contributed by atoms with Crippen molar-refractivity contribution in [2.45, 2.75) is 4.90 Å². The van der Waals surface area contributed by atoms with Crippen LogP contribution >= 0.6 is 0 Å². The largest absolute Gasteiger partial charge is 0.383 e. The number of carbonyl (C=O) groups excluding carboxylic acids is 1. The highest BCUT2D eigenvalue weighted by Crippen LogP contribution is 2.18.